The highest BCUT2D eigenvalue weighted by molar-refractivity contribution is 5.23. The smallest absolute Gasteiger partial charge is 0.0928 e. The maximum atomic E-state index is 5.29. The summed E-state index contributed by atoms with van der Waals surface area (Å²) in [6.45, 7) is 6.31. The lowest BCUT2D eigenvalue weighted by atomic mass is 10.2. The molecule has 1 rings (SSSR count). The number of nitrogens with one attached hydrogen (secondary N) is 1. The molecule has 0 aromatic carbocycles. The van der Waals surface area contributed by atoms with Crippen LogP contribution in [0.3, 0.4) is 0 Å². The maximum absolute atomic E-state index is 5.29. The van der Waals surface area contributed by atoms with Crippen LogP contribution < -0.4 is 5.32 Å². The molecule has 0 amide bonds. The number of rotatable bonds is 7. The molecule has 1 aromatic heterocycles. The van der Waals surface area contributed by atoms with E-state index in [4.69, 9.17) is 9.47 Å². The Labute approximate surface area is 103 Å². The van der Waals surface area contributed by atoms with Crippen molar-refractivity contribution in [2.24, 2.45) is 7.05 Å². The van der Waals surface area contributed by atoms with Crippen molar-refractivity contribution in [3.63, 3.8) is 0 Å². The molecule has 17 heavy (non-hydrogen) atoms. The van der Waals surface area contributed by atoms with Gasteiger partial charge in [-0.05, 0) is 13.8 Å². The standard InChI is InChI=1S/C12H23N3O2/c1-9-12(10(2)15(3)14-9)7-13-6-11(17-5)8-16-4/h11,13H,6-8H2,1-5H3. The fourth-order valence-corrected chi connectivity index (χ4v) is 1.83. The van der Waals surface area contributed by atoms with Gasteiger partial charge in [0.05, 0.1) is 18.4 Å². The number of aryl methyl sites for hydroxylation is 2. The zero-order chi connectivity index (χ0) is 12.8. The third kappa shape index (κ3) is 3.80. The Morgan fingerprint density at radius 2 is 2.06 bits per heavy atom. The first kappa shape index (κ1) is 14.2. The van der Waals surface area contributed by atoms with Gasteiger partial charge in [0.1, 0.15) is 0 Å². The van der Waals surface area contributed by atoms with Gasteiger partial charge in [-0.1, -0.05) is 0 Å². The molecule has 0 aliphatic rings. The lowest BCUT2D eigenvalue weighted by molar-refractivity contribution is 0.0288. The van der Waals surface area contributed by atoms with E-state index in [1.54, 1.807) is 14.2 Å². The number of hydrogen-bond donors (Lipinski definition) is 1. The van der Waals surface area contributed by atoms with Crippen LogP contribution in [0, 0.1) is 13.8 Å². The highest BCUT2D eigenvalue weighted by atomic mass is 16.5. The summed E-state index contributed by atoms with van der Waals surface area (Å²) in [4.78, 5) is 0. The monoisotopic (exact) mass is 241 g/mol. The van der Waals surface area contributed by atoms with Crippen LogP contribution in [0.2, 0.25) is 0 Å². The van der Waals surface area contributed by atoms with Crippen LogP contribution in [-0.4, -0.2) is 43.3 Å². The van der Waals surface area contributed by atoms with E-state index in [9.17, 15) is 0 Å². The van der Waals surface area contributed by atoms with Gasteiger partial charge in [-0.15, -0.1) is 0 Å². The molecule has 0 saturated carbocycles. The lowest BCUT2D eigenvalue weighted by Gasteiger charge is -2.15. The van der Waals surface area contributed by atoms with Gasteiger partial charge < -0.3 is 14.8 Å². The van der Waals surface area contributed by atoms with Crippen LogP contribution in [0.15, 0.2) is 0 Å². The summed E-state index contributed by atoms with van der Waals surface area (Å²) in [5, 5.41) is 7.76. The van der Waals surface area contributed by atoms with E-state index in [-0.39, 0.29) is 6.10 Å². The van der Waals surface area contributed by atoms with Gasteiger partial charge in [0.25, 0.3) is 0 Å². The normalized spacial score (nSPS) is 13.0. The van der Waals surface area contributed by atoms with Crippen molar-refractivity contribution in [1.29, 1.82) is 0 Å². The predicted octanol–water partition coefficient (Wildman–Crippen LogP) is 0.788. The van der Waals surface area contributed by atoms with Crippen LogP contribution in [0.4, 0.5) is 0 Å². The number of methoxy groups -OCH3 is 2. The summed E-state index contributed by atoms with van der Waals surface area (Å²) < 4.78 is 12.3. The molecule has 0 fully saturated rings. The van der Waals surface area contributed by atoms with E-state index in [0.717, 1.165) is 18.8 Å². The van der Waals surface area contributed by atoms with Crippen molar-refractivity contribution >= 4 is 0 Å². The molecule has 1 atom stereocenters. The second-order valence-corrected chi connectivity index (χ2v) is 4.22. The van der Waals surface area contributed by atoms with Crippen molar-refractivity contribution < 1.29 is 9.47 Å². The zero-order valence-electron chi connectivity index (χ0n) is 11.4. The average Bonchev–Trinajstić information content (AvgIpc) is 2.54. The number of nitrogens with zero attached hydrogens (tertiary/aromatic N) is 2. The molecule has 0 aliphatic heterocycles. The number of aromatic nitrogens is 2. The van der Waals surface area contributed by atoms with Gasteiger partial charge in [-0.25, -0.2) is 0 Å². The molecule has 0 aliphatic carbocycles. The Balaban J connectivity index is 2.45. The van der Waals surface area contributed by atoms with Gasteiger partial charge in [-0.3, -0.25) is 4.68 Å². The van der Waals surface area contributed by atoms with E-state index < -0.39 is 0 Å². The van der Waals surface area contributed by atoms with E-state index in [2.05, 4.69) is 17.3 Å². The molecule has 1 heterocycles. The van der Waals surface area contributed by atoms with E-state index in [0.29, 0.717) is 6.61 Å². The highest BCUT2D eigenvalue weighted by Crippen LogP contribution is 2.11. The van der Waals surface area contributed by atoms with Crippen molar-refractivity contribution in [3.8, 4) is 0 Å². The topological polar surface area (TPSA) is 48.3 Å². The molecule has 0 radical (unpaired) electrons. The minimum absolute atomic E-state index is 0.0947. The van der Waals surface area contributed by atoms with Crippen molar-refractivity contribution in [2.75, 3.05) is 27.4 Å². The first-order chi connectivity index (χ1) is 8.10. The summed E-state index contributed by atoms with van der Waals surface area (Å²) in [5.41, 5.74) is 3.55. The Morgan fingerprint density at radius 3 is 2.53 bits per heavy atom. The molecule has 0 saturated heterocycles. The number of hydrogen-bond acceptors (Lipinski definition) is 4. The third-order valence-corrected chi connectivity index (χ3v) is 3.02. The van der Waals surface area contributed by atoms with Crippen LogP contribution in [0.1, 0.15) is 17.0 Å². The highest BCUT2D eigenvalue weighted by Gasteiger charge is 2.10. The Kier molecular flexibility index (Phi) is 5.61. The SMILES string of the molecule is COCC(CNCc1c(C)nn(C)c1C)OC. The molecular formula is C12H23N3O2. The average molecular weight is 241 g/mol. The maximum Gasteiger partial charge on any atom is 0.0928 e. The molecule has 98 valence electrons. The summed E-state index contributed by atoms with van der Waals surface area (Å²) in [6, 6.07) is 0. The molecule has 0 spiro atoms. The molecular weight excluding hydrogens is 218 g/mol. The lowest BCUT2D eigenvalue weighted by Crippen LogP contribution is -2.31. The van der Waals surface area contributed by atoms with E-state index >= 15 is 0 Å². The third-order valence-electron chi connectivity index (χ3n) is 3.02. The summed E-state index contributed by atoms with van der Waals surface area (Å²) >= 11 is 0. The first-order valence-corrected chi connectivity index (χ1v) is 5.81. The molecule has 1 unspecified atom stereocenters. The molecule has 0 bridgehead atoms. The van der Waals surface area contributed by atoms with Crippen molar-refractivity contribution in [2.45, 2.75) is 26.5 Å². The van der Waals surface area contributed by atoms with Crippen LogP contribution >= 0.6 is 0 Å². The fourth-order valence-electron chi connectivity index (χ4n) is 1.83. The van der Waals surface area contributed by atoms with Gasteiger partial charge >= 0.3 is 0 Å². The summed E-state index contributed by atoms with van der Waals surface area (Å²) in [5.74, 6) is 0. The fraction of sp³-hybridized carbons (Fsp3) is 0.750. The Hall–Kier alpha value is -0.910. The van der Waals surface area contributed by atoms with Gasteiger partial charge in [0.15, 0.2) is 0 Å². The summed E-state index contributed by atoms with van der Waals surface area (Å²) in [6.07, 6.45) is 0.0947. The van der Waals surface area contributed by atoms with Gasteiger partial charge in [0.2, 0.25) is 0 Å². The van der Waals surface area contributed by atoms with E-state index in [1.165, 1.54) is 11.3 Å². The largest absolute Gasteiger partial charge is 0.382 e. The second-order valence-electron chi connectivity index (χ2n) is 4.22. The molecule has 1 N–H and O–H groups in total. The van der Waals surface area contributed by atoms with Crippen LogP contribution in [0.5, 0.6) is 0 Å². The Bertz CT molecular complexity index is 350. The second kappa shape index (κ2) is 6.74. The number of ether oxygens (including phenoxy) is 2. The predicted molar refractivity (Wildman–Crippen MR) is 67.1 cm³/mol. The zero-order valence-corrected chi connectivity index (χ0v) is 11.4. The summed E-state index contributed by atoms with van der Waals surface area (Å²) in [7, 11) is 5.35. The van der Waals surface area contributed by atoms with Crippen molar-refractivity contribution in [1.82, 2.24) is 15.1 Å². The minimum Gasteiger partial charge on any atom is -0.382 e. The first-order valence-electron chi connectivity index (χ1n) is 5.81. The van der Waals surface area contributed by atoms with Gasteiger partial charge in [0, 0.05) is 45.6 Å². The minimum atomic E-state index is 0.0947. The molecule has 1 aromatic rings. The van der Waals surface area contributed by atoms with Crippen molar-refractivity contribution in [3.05, 3.63) is 17.0 Å². The van der Waals surface area contributed by atoms with Gasteiger partial charge in [-0.2, -0.15) is 5.10 Å². The quantitative estimate of drug-likeness (QED) is 0.766. The van der Waals surface area contributed by atoms with Crippen LogP contribution in [-0.2, 0) is 23.1 Å². The molecule has 5 nitrogen and oxygen atoms in total. The van der Waals surface area contributed by atoms with Crippen LogP contribution in [0.25, 0.3) is 0 Å². The Morgan fingerprint density at radius 1 is 1.35 bits per heavy atom. The molecule has 5 heteroatoms. The van der Waals surface area contributed by atoms with E-state index in [1.807, 2.05) is 18.7 Å².